The van der Waals surface area contributed by atoms with Crippen molar-refractivity contribution in [2.24, 2.45) is 40.4 Å². The van der Waals surface area contributed by atoms with E-state index in [0.717, 1.165) is 25.7 Å². The minimum absolute atomic E-state index is 0.00460. The van der Waals surface area contributed by atoms with Gasteiger partial charge in [-0.25, -0.2) is 0 Å². The topological polar surface area (TPSA) is 74.6 Å². The zero-order valence-electron chi connectivity index (χ0n) is 15.7. The van der Waals surface area contributed by atoms with Crippen LogP contribution in [0.15, 0.2) is 0 Å². The largest absolute Gasteiger partial charge is 0.393 e. The Balaban J connectivity index is 1.73. The Labute approximate surface area is 150 Å². The molecule has 25 heavy (non-hydrogen) atoms. The molecule has 0 radical (unpaired) electrons. The Bertz CT molecular complexity index is 601. The number of ketones is 2. The summed E-state index contributed by atoms with van der Waals surface area (Å²) >= 11 is 0. The minimum Gasteiger partial charge on any atom is -0.393 e. The van der Waals surface area contributed by atoms with Crippen molar-refractivity contribution in [3.63, 3.8) is 0 Å². The fourth-order valence-corrected chi connectivity index (χ4v) is 7.69. The minimum atomic E-state index is -0.516. The van der Waals surface area contributed by atoms with Gasteiger partial charge < -0.3 is 10.2 Å². The Hall–Kier alpha value is -0.740. The first-order valence-electron chi connectivity index (χ1n) is 10.1. The van der Waals surface area contributed by atoms with Crippen LogP contribution >= 0.6 is 0 Å². The van der Waals surface area contributed by atoms with E-state index in [-0.39, 0.29) is 58.1 Å². The Kier molecular flexibility index (Phi) is 3.98. The van der Waals surface area contributed by atoms with E-state index in [1.54, 1.807) is 6.92 Å². The molecule has 9 atom stereocenters. The highest BCUT2D eigenvalue weighted by Crippen LogP contribution is 2.66. The molecule has 4 heteroatoms. The molecule has 4 saturated carbocycles. The average molecular weight is 348 g/mol. The number of aliphatic hydroxyl groups is 2. The van der Waals surface area contributed by atoms with Crippen LogP contribution in [0.2, 0.25) is 0 Å². The van der Waals surface area contributed by atoms with Gasteiger partial charge in [-0.05, 0) is 68.1 Å². The summed E-state index contributed by atoms with van der Waals surface area (Å²) in [6.45, 7) is 6.05. The molecule has 4 aliphatic carbocycles. The summed E-state index contributed by atoms with van der Waals surface area (Å²) in [6, 6.07) is 0. The molecule has 4 fully saturated rings. The third-order valence-corrected chi connectivity index (χ3v) is 8.87. The summed E-state index contributed by atoms with van der Waals surface area (Å²) in [7, 11) is 0. The van der Waals surface area contributed by atoms with Gasteiger partial charge in [-0.15, -0.1) is 0 Å². The van der Waals surface area contributed by atoms with Crippen molar-refractivity contribution in [1.29, 1.82) is 0 Å². The number of hydrogen-bond acceptors (Lipinski definition) is 4. The highest BCUT2D eigenvalue weighted by atomic mass is 16.3. The first-order chi connectivity index (χ1) is 11.7. The summed E-state index contributed by atoms with van der Waals surface area (Å²) in [4.78, 5) is 25.3. The van der Waals surface area contributed by atoms with Crippen LogP contribution in [0.25, 0.3) is 0 Å². The lowest BCUT2D eigenvalue weighted by molar-refractivity contribution is -0.185. The number of fused-ring (bicyclic) bond motifs is 5. The molecule has 4 rings (SSSR count). The third kappa shape index (κ3) is 2.32. The van der Waals surface area contributed by atoms with Crippen LogP contribution in [0.1, 0.15) is 65.7 Å². The van der Waals surface area contributed by atoms with Crippen molar-refractivity contribution in [3.05, 3.63) is 0 Å². The van der Waals surface area contributed by atoms with Gasteiger partial charge in [0, 0.05) is 24.2 Å². The summed E-state index contributed by atoms with van der Waals surface area (Å²) < 4.78 is 0. The summed E-state index contributed by atoms with van der Waals surface area (Å²) in [5.41, 5.74) is -0.299. The van der Waals surface area contributed by atoms with E-state index in [9.17, 15) is 19.8 Å². The first kappa shape index (κ1) is 17.7. The molecule has 0 amide bonds. The molecular formula is C21H32O4. The molecule has 0 heterocycles. The smallest absolute Gasteiger partial charge is 0.136 e. The third-order valence-electron chi connectivity index (χ3n) is 8.87. The van der Waals surface area contributed by atoms with Crippen LogP contribution in [0.4, 0.5) is 0 Å². The molecule has 140 valence electrons. The average Bonchev–Trinajstić information content (AvgIpc) is 2.85. The molecule has 0 aromatic carbocycles. The van der Waals surface area contributed by atoms with Crippen LogP contribution in [-0.4, -0.2) is 34.0 Å². The van der Waals surface area contributed by atoms with Crippen LogP contribution in [0, 0.1) is 40.4 Å². The van der Waals surface area contributed by atoms with E-state index in [4.69, 9.17) is 0 Å². The second kappa shape index (κ2) is 5.63. The number of aliphatic hydroxyl groups excluding tert-OH is 2. The van der Waals surface area contributed by atoms with Crippen LogP contribution in [-0.2, 0) is 9.59 Å². The van der Waals surface area contributed by atoms with Gasteiger partial charge in [0.05, 0.1) is 12.2 Å². The molecule has 0 saturated heterocycles. The molecule has 0 unspecified atom stereocenters. The first-order valence-corrected chi connectivity index (χ1v) is 10.1. The standard InChI is InChI=1S/C21H32O4/c1-11(22)14-4-5-15-18-16(24)9-12-8-13(23)6-7-20(12,2)19(18)17(25)10-21(14,15)3/h12-15,17-19,23,25H,4-10H2,1-3H3/t12-,13-,14+,15-,17-,18-,19-,20+,21+/m1/s1. The van der Waals surface area contributed by atoms with E-state index in [2.05, 4.69) is 13.8 Å². The molecule has 0 bridgehead atoms. The molecule has 0 aliphatic heterocycles. The summed E-state index contributed by atoms with van der Waals surface area (Å²) in [5.74, 6) is 0.787. The van der Waals surface area contributed by atoms with Crippen molar-refractivity contribution in [1.82, 2.24) is 0 Å². The molecule has 4 nitrogen and oxygen atoms in total. The maximum absolute atomic E-state index is 13.2. The van der Waals surface area contributed by atoms with E-state index < -0.39 is 6.10 Å². The quantitative estimate of drug-likeness (QED) is 0.764. The second-order valence-corrected chi connectivity index (χ2v) is 9.98. The van der Waals surface area contributed by atoms with E-state index in [1.807, 2.05) is 0 Å². The van der Waals surface area contributed by atoms with Gasteiger partial charge in [0.15, 0.2) is 0 Å². The Morgan fingerprint density at radius 3 is 2.52 bits per heavy atom. The van der Waals surface area contributed by atoms with Gasteiger partial charge in [0.25, 0.3) is 0 Å². The lowest BCUT2D eigenvalue weighted by Crippen LogP contribution is -2.62. The van der Waals surface area contributed by atoms with Gasteiger partial charge >= 0.3 is 0 Å². The highest BCUT2D eigenvalue weighted by Gasteiger charge is 2.65. The normalized spacial score (nSPS) is 55.2. The number of carbonyl (C=O) groups is 2. The fourth-order valence-electron chi connectivity index (χ4n) is 7.69. The number of carbonyl (C=O) groups excluding carboxylic acids is 2. The zero-order valence-corrected chi connectivity index (χ0v) is 15.7. The van der Waals surface area contributed by atoms with Gasteiger partial charge in [-0.2, -0.15) is 0 Å². The van der Waals surface area contributed by atoms with Gasteiger partial charge in [0.1, 0.15) is 11.6 Å². The maximum atomic E-state index is 13.2. The van der Waals surface area contributed by atoms with Crippen molar-refractivity contribution in [2.45, 2.75) is 77.9 Å². The number of Topliss-reactive ketones (excluding diaryl/α,β-unsaturated/α-hetero) is 2. The highest BCUT2D eigenvalue weighted by molar-refractivity contribution is 5.84. The molecule has 4 aliphatic rings. The predicted molar refractivity (Wildman–Crippen MR) is 93.7 cm³/mol. The second-order valence-electron chi connectivity index (χ2n) is 9.98. The van der Waals surface area contributed by atoms with Crippen LogP contribution in [0.5, 0.6) is 0 Å². The van der Waals surface area contributed by atoms with Crippen LogP contribution < -0.4 is 0 Å². The molecule has 0 aromatic rings. The monoisotopic (exact) mass is 348 g/mol. The molecule has 0 spiro atoms. The zero-order chi connectivity index (χ0) is 18.1. The van der Waals surface area contributed by atoms with Crippen molar-refractivity contribution in [2.75, 3.05) is 0 Å². The van der Waals surface area contributed by atoms with Crippen molar-refractivity contribution in [3.8, 4) is 0 Å². The fraction of sp³-hybridized carbons (Fsp3) is 0.905. The van der Waals surface area contributed by atoms with E-state index in [0.29, 0.717) is 19.3 Å². The van der Waals surface area contributed by atoms with Gasteiger partial charge in [0.2, 0.25) is 0 Å². The van der Waals surface area contributed by atoms with Gasteiger partial charge in [-0.3, -0.25) is 9.59 Å². The van der Waals surface area contributed by atoms with E-state index >= 15 is 0 Å². The van der Waals surface area contributed by atoms with Crippen molar-refractivity contribution >= 4 is 11.6 Å². The molecule has 2 N–H and O–H groups in total. The molecular weight excluding hydrogens is 316 g/mol. The lowest BCUT2D eigenvalue weighted by Gasteiger charge is -2.61. The SMILES string of the molecule is CC(=O)[C@@H]1CC[C@@H]2[C@@H]3C(=O)C[C@H]4C[C@H](O)CC[C@]4(C)[C@@H]3[C@H](O)C[C@]21C. The predicted octanol–water partition coefficient (Wildman–Crippen LogP) is 2.75. The maximum Gasteiger partial charge on any atom is 0.136 e. The van der Waals surface area contributed by atoms with Gasteiger partial charge in [-0.1, -0.05) is 13.8 Å². The Morgan fingerprint density at radius 1 is 1.12 bits per heavy atom. The van der Waals surface area contributed by atoms with Crippen molar-refractivity contribution < 1.29 is 19.8 Å². The number of hydrogen-bond donors (Lipinski definition) is 2. The van der Waals surface area contributed by atoms with E-state index in [1.165, 1.54) is 0 Å². The number of rotatable bonds is 1. The summed E-state index contributed by atoms with van der Waals surface area (Å²) in [5, 5.41) is 21.3. The Morgan fingerprint density at radius 2 is 1.84 bits per heavy atom. The lowest BCUT2D eigenvalue weighted by atomic mass is 9.43. The summed E-state index contributed by atoms with van der Waals surface area (Å²) in [6.07, 6.45) is 4.51. The van der Waals surface area contributed by atoms with Crippen LogP contribution in [0.3, 0.4) is 0 Å². The molecule has 0 aromatic heterocycles.